The maximum absolute atomic E-state index is 5.31. The van der Waals surface area contributed by atoms with Gasteiger partial charge in [0.15, 0.2) is 10.2 Å². The van der Waals surface area contributed by atoms with Crippen LogP contribution < -0.4 is 21.3 Å². The molecular formula is C16H26N4S2. The molecule has 0 fully saturated rings. The Kier molecular flexibility index (Phi) is 6.14. The average molecular weight is 339 g/mol. The molecule has 0 heterocycles. The molecule has 6 heteroatoms. The molecule has 0 radical (unpaired) electrons. The van der Waals surface area contributed by atoms with Gasteiger partial charge in [-0.15, -0.1) is 0 Å². The van der Waals surface area contributed by atoms with E-state index in [1.54, 1.807) is 0 Å². The van der Waals surface area contributed by atoms with Crippen LogP contribution in [0.15, 0.2) is 24.3 Å². The van der Waals surface area contributed by atoms with Gasteiger partial charge in [-0.2, -0.15) is 0 Å². The largest absolute Gasteiger partial charge is 0.358 e. The first-order valence-electron chi connectivity index (χ1n) is 7.23. The first-order chi connectivity index (χ1) is 9.94. The molecule has 1 aromatic carbocycles. The van der Waals surface area contributed by atoms with Crippen molar-refractivity contribution < 1.29 is 0 Å². The normalized spacial score (nSPS) is 11.5. The van der Waals surface area contributed by atoms with Crippen molar-refractivity contribution in [2.75, 3.05) is 10.6 Å². The van der Waals surface area contributed by atoms with E-state index in [-0.39, 0.29) is 11.1 Å². The molecule has 0 amide bonds. The quantitative estimate of drug-likeness (QED) is 0.615. The Morgan fingerprint density at radius 2 is 1.14 bits per heavy atom. The molecule has 0 atom stereocenters. The minimum Gasteiger partial charge on any atom is -0.358 e. The lowest BCUT2D eigenvalue weighted by Crippen LogP contribution is -2.43. The van der Waals surface area contributed by atoms with E-state index in [1.165, 1.54) is 0 Å². The van der Waals surface area contributed by atoms with Crippen LogP contribution in [-0.2, 0) is 0 Å². The van der Waals surface area contributed by atoms with Crippen LogP contribution in [0.5, 0.6) is 0 Å². The molecule has 122 valence electrons. The smallest absolute Gasteiger partial charge is 0.171 e. The second-order valence-corrected chi connectivity index (χ2v) is 8.06. The van der Waals surface area contributed by atoms with Crippen LogP contribution >= 0.6 is 24.4 Å². The van der Waals surface area contributed by atoms with Gasteiger partial charge in [0, 0.05) is 22.5 Å². The summed E-state index contributed by atoms with van der Waals surface area (Å²) in [7, 11) is 0. The Hall–Kier alpha value is -1.40. The van der Waals surface area contributed by atoms with Crippen molar-refractivity contribution in [1.82, 2.24) is 10.6 Å². The molecule has 1 rings (SSSR count). The number of hydrogen-bond donors (Lipinski definition) is 4. The van der Waals surface area contributed by atoms with E-state index >= 15 is 0 Å². The van der Waals surface area contributed by atoms with Crippen molar-refractivity contribution in [3.63, 3.8) is 0 Å². The van der Waals surface area contributed by atoms with Gasteiger partial charge in [-0.05, 0) is 84.2 Å². The topological polar surface area (TPSA) is 48.1 Å². The van der Waals surface area contributed by atoms with Gasteiger partial charge in [-0.25, -0.2) is 0 Å². The lowest BCUT2D eigenvalue weighted by atomic mass is 10.1. The Morgan fingerprint density at radius 3 is 1.45 bits per heavy atom. The zero-order valence-electron chi connectivity index (χ0n) is 14.1. The van der Waals surface area contributed by atoms with Crippen molar-refractivity contribution in [2.24, 2.45) is 0 Å². The van der Waals surface area contributed by atoms with Gasteiger partial charge in [-0.1, -0.05) is 6.07 Å². The van der Waals surface area contributed by atoms with Gasteiger partial charge in [0.25, 0.3) is 0 Å². The van der Waals surface area contributed by atoms with Crippen LogP contribution in [0.2, 0.25) is 0 Å². The van der Waals surface area contributed by atoms with Gasteiger partial charge in [0.05, 0.1) is 0 Å². The standard InChI is InChI=1S/C16H26N4S2/c1-15(2,3)19-13(21)17-11-8-7-9-12(10-11)18-14(22)20-16(4,5)6/h7-10H,1-6H3,(H2,17,19,21)(H2,18,20,22). The van der Waals surface area contributed by atoms with E-state index in [9.17, 15) is 0 Å². The molecule has 0 saturated carbocycles. The monoisotopic (exact) mass is 338 g/mol. The number of rotatable bonds is 2. The molecule has 4 N–H and O–H groups in total. The third kappa shape index (κ3) is 8.14. The minimum absolute atomic E-state index is 0.0713. The van der Waals surface area contributed by atoms with E-state index in [2.05, 4.69) is 62.8 Å². The van der Waals surface area contributed by atoms with Crippen molar-refractivity contribution in [3.8, 4) is 0 Å². The van der Waals surface area contributed by atoms with Gasteiger partial charge in [-0.3, -0.25) is 0 Å². The Balaban J connectivity index is 2.66. The van der Waals surface area contributed by atoms with Crippen LogP contribution in [-0.4, -0.2) is 21.3 Å². The van der Waals surface area contributed by atoms with E-state index in [0.29, 0.717) is 10.2 Å². The van der Waals surface area contributed by atoms with Crippen LogP contribution in [0, 0.1) is 0 Å². The SMILES string of the molecule is CC(C)(C)NC(=S)Nc1cccc(NC(=S)NC(C)(C)C)c1. The third-order valence-electron chi connectivity index (χ3n) is 2.36. The summed E-state index contributed by atoms with van der Waals surface area (Å²) >= 11 is 10.6. The number of hydrogen-bond acceptors (Lipinski definition) is 2. The summed E-state index contributed by atoms with van der Waals surface area (Å²) in [5, 5.41) is 14.0. The van der Waals surface area contributed by atoms with Gasteiger partial charge in [0.2, 0.25) is 0 Å². The van der Waals surface area contributed by atoms with Crippen LogP contribution in [0.25, 0.3) is 0 Å². The molecule has 0 saturated heterocycles. The maximum atomic E-state index is 5.31. The molecule has 0 aromatic heterocycles. The third-order valence-corrected chi connectivity index (χ3v) is 2.76. The highest BCUT2D eigenvalue weighted by atomic mass is 32.1. The molecule has 0 aliphatic rings. The summed E-state index contributed by atoms with van der Waals surface area (Å²) in [6.07, 6.45) is 0. The van der Waals surface area contributed by atoms with Crippen LogP contribution in [0.1, 0.15) is 41.5 Å². The van der Waals surface area contributed by atoms with Gasteiger partial charge < -0.3 is 21.3 Å². The van der Waals surface area contributed by atoms with Crippen LogP contribution in [0.3, 0.4) is 0 Å². The number of benzene rings is 1. The number of anilines is 2. The highest BCUT2D eigenvalue weighted by Crippen LogP contribution is 2.15. The van der Waals surface area contributed by atoms with E-state index < -0.39 is 0 Å². The lowest BCUT2D eigenvalue weighted by molar-refractivity contribution is 0.514. The summed E-state index contributed by atoms with van der Waals surface area (Å²) < 4.78 is 0. The Bertz CT molecular complexity index is 497. The van der Waals surface area contributed by atoms with E-state index in [4.69, 9.17) is 24.4 Å². The fourth-order valence-corrected chi connectivity index (χ4v) is 2.53. The molecule has 0 unspecified atom stereocenters. The molecule has 0 spiro atoms. The summed E-state index contributed by atoms with van der Waals surface area (Å²) in [5.41, 5.74) is 1.67. The molecule has 0 aliphatic carbocycles. The Labute approximate surface area is 144 Å². The van der Waals surface area contributed by atoms with Crippen molar-refractivity contribution in [3.05, 3.63) is 24.3 Å². The summed E-state index contributed by atoms with van der Waals surface area (Å²) in [6.45, 7) is 12.4. The number of thiocarbonyl (C=S) groups is 2. The van der Waals surface area contributed by atoms with Crippen molar-refractivity contribution in [2.45, 2.75) is 52.6 Å². The van der Waals surface area contributed by atoms with E-state index in [0.717, 1.165) is 11.4 Å². The van der Waals surface area contributed by atoms with Gasteiger partial charge >= 0.3 is 0 Å². The molecule has 0 aliphatic heterocycles. The number of nitrogens with one attached hydrogen (secondary N) is 4. The first-order valence-corrected chi connectivity index (χ1v) is 8.05. The fraction of sp³-hybridized carbons (Fsp3) is 0.500. The first kappa shape index (κ1) is 18.6. The molecule has 4 nitrogen and oxygen atoms in total. The highest BCUT2D eigenvalue weighted by Gasteiger charge is 2.12. The summed E-state index contributed by atoms with van der Waals surface area (Å²) in [5.74, 6) is 0. The van der Waals surface area contributed by atoms with Crippen molar-refractivity contribution >= 4 is 46.0 Å². The second kappa shape index (κ2) is 7.24. The Morgan fingerprint density at radius 1 is 0.773 bits per heavy atom. The van der Waals surface area contributed by atoms with E-state index in [1.807, 2.05) is 24.3 Å². The maximum Gasteiger partial charge on any atom is 0.171 e. The fourth-order valence-electron chi connectivity index (χ4n) is 1.68. The highest BCUT2D eigenvalue weighted by molar-refractivity contribution is 7.80. The predicted molar refractivity (Wildman–Crippen MR) is 105 cm³/mol. The summed E-state index contributed by atoms with van der Waals surface area (Å²) in [6, 6.07) is 7.83. The van der Waals surface area contributed by atoms with Gasteiger partial charge in [0.1, 0.15) is 0 Å². The molecule has 1 aromatic rings. The average Bonchev–Trinajstić information content (AvgIpc) is 2.22. The predicted octanol–water partition coefficient (Wildman–Crippen LogP) is 3.86. The zero-order valence-corrected chi connectivity index (χ0v) is 15.8. The molecular weight excluding hydrogens is 312 g/mol. The lowest BCUT2D eigenvalue weighted by Gasteiger charge is -2.24. The second-order valence-electron chi connectivity index (χ2n) is 7.24. The summed E-state index contributed by atoms with van der Waals surface area (Å²) in [4.78, 5) is 0. The van der Waals surface area contributed by atoms with Crippen molar-refractivity contribution in [1.29, 1.82) is 0 Å². The minimum atomic E-state index is -0.0713. The van der Waals surface area contributed by atoms with Crippen LogP contribution in [0.4, 0.5) is 11.4 Å². The zero-order chi connectivity index (χ0) is 17.0. The molecule has 22 heavy (non-hydrogen) atoms. The molecule has 0 bridgehead atoms.